The van der Waals surface area contributed by atoms with E-state index in [1.54, 1.807) is 19.2 Å². The van der Waals surface area contributed by atoms with E-state index in [1.165, 1.54) is 10.4 Å². The largest absolute Gasteiger partial charge is 0.383 e. The quantitative estimate of drug-likeness (QED) is 0.775. The summed E-state index contributed by atoms with van der Waals surface area (Å²) in [5, 5.41) is 0.494. The highest BCUT2D eigenvalue weighted by molar-refractivity contribution is 9.10. The van der Waals surface area contributed by atoms with Gasteiger partial charge in [-0.2, -0.15) is 4.31 Å². The first-order valence-corrected chi connectivity index (χ1v) is 8.53. The Bertz CT molecular complexity index is 560. The Morgan fingerprint density at radius 2 is 2.16 bits per heavy atom. The van der Waals surface area contributed by atoms with Crippen molar-refractivity contribution in [3.05, 3.63) is 27.7 Å². The molecule has 0 atom stereocenters. The Balaban J connectivity index is 2.30. The van der Waals surface area contributed by atoms with Crippen LogP contribution in [0.25, 0.3) is 0 Å². The second-order valence-electron chi connectivity index (χ2n) is 4.42. The van der Waals surface area contributed by atoms with E-state index in [0.29, 0.717) is 22.6 Å². The lowest BCUT2D eigenvalue weighted by Crippen LogP contribution is -2.35. The van der Waals surface area contributed by atoms with Gasteiger partial charge in [0.15, 0.2) is 0 Å². The fourth-order valence-electron chi connectivity index (χ4n) is 1.82. The number of ether oxygens (including phenoxy) is 1. The first kappa shape index (κ1) is 15.3. The Morgan fingerprint density at radius 1 is 1.47 bits per heavy atom. The molecule has 1 aliphatic rings. The molecule has 0 unspecified atom stereocenters. The highest BCUT2D eigenvalue weighted by atomic mass is 79.9. The summed E-state index contributed by atoms with van der Waals surface area (Å²) in [6.07, 6.45) is 1.83. The van der Waals surface area contributed by atoms with Crippen molar-refractivity contribution in [2.75, 3.05) is 20.3 Å². The van der Waals surface area contributed by atoms with Crippen molar-refractivity contribution in [2.45, 2.75) is 23.8 Å². The van der Waals surface area contributed by atoms with Gasteiger partial charge in [0, 0.05) is 24.2 Å². The summed E-state index contributed by atoms with van der Waals surface area (Å²) in [6, 6.07) is 4.76. The molecule has 0 N–H and O–H groups in total. The van der Waals surface area contributed by atoms with Crippen LogP contribution in [0.4, 0.5) is 0 Å². The third-order valence-corrected chi connectivity index (χ3v) is 6.13. The molecule has 1 aromatic carbocycles. The van der Waals surface area contributed by atoms with E-state index in [1.807, 2.05) is 0 Å². The molecule has 0 aliphatic heterocycles. The lowest BCUT2D eigenvalue weighted by Gasteiger charge is -2.21. The van der Waals surface area contributed by atoms with E-state index in [-0.39, 0.29) is 10.9 Å². The predicted octanol–water partition coefficient (Wildman–Crippen LogP) is 2.90. The maximum atomic E-state index is 12.6. The van der Waals surface area contributed by atoms with Crippen LogP contribution in [-0.2, 0) is 14.8 Å². The molecule has 1 fully saturated rings. The smallest absolute Gasteiger partial charge is 0.243 e. The molecular formula is C12H15BrClNO3S. The molecular weight excluding hydrogens is 354 g/mol. The van der Waals surface area contributed by atoms with Crippen LogP contribution in [0.2, 0.25) is 5.02 Å². The number of nitrogens with zero attached hydrogens (tertiary/aromatic N) is 1. The molecule has 0 bridgehead atoms. The fraction of sp³-hybridized carbons (Fsp3) is 0.500. The lowest BCUT2D eigenvalue weighted by atomic mass is 10.4. The molecule has 1 aromatic rings. The number of halogens is 2. The van der Waals surface area contributed by atoms with Crippen LogP contribution in [0.3, 0.4) is 0 Å². The van der Waals surface area contributed by atoms with Gasteiger partial charge in [0.1, 0.15) is 0 Å². The number of rotatable bonds is 6. The molecule has 4 nitrogen and oxygen atoms in total. The minimum atomic E-state index is -3.48. The molecule has 0 saturated heterocycles. The summed E-state index contributed by atoms with van der Waals surface area (Å²) in [6.45, 7) is 0.772. The van der Waals surface area contributed by atoms with Gasteiger partial charge in [0.05, 0.1) is 16.5 Å². The standard InChI is InChI=1S/C12H15BrClNO3S/c1-18-7-6-15(9-2-3-9)19(16,17)10-4-5-12(14)11(13)8-10/h4-5,8-9H,2-3,6-7H2,1H3. The van der Waals surface area contributed by atoms with Crippen LogP contribution in [0.15, 0.2) is 27.6 Å². The lowest BCUT2D eigenvalue weighted by molar-refractivity contribution is 0.177. The SMILES string of the molecule is COCCN(C1CC1)S(=O)(=O)c1ccc(Cl)c(Br)c1. The first-order chi connectivity index (χ1) is 8.96. The third kappa shape index (κ3) is 3.49. The Hall–Kier alpha value is -0.140. The minimum absolute atomic E-state index is 0.106. The van der Waals surface area contributed by atoms with Crippen LogP contribution in [0.5, 0.6) is 0 Å². The van der Waals surface area contributed by atoms with Crippen LogP contribution in [0, 0.1) is 0 Å². The van der Waals surface area contributed by atoms with Crippen molar-refractivity contribution >= 4 is 37.6 Å². The van der Waals surface area contributed by atoms with E-state index in [9.17, 15) is 8.42 Å². The zero-order valence-corrected chi connectivity index (χ0v) is 13.6. The van der Waals surface area contributed by atoms with Crippen LogP contribution >= 0.6 is 27.5 Å². The molecule has 0 amide bonds. The van der Waals surface area contributed by atoms with Crippen molar-refractivity contribution in [1.82, 2.24) is 4.31 Å². The molecule has 0 heterocycles. The summed E-state index contributed by atoms with van der Waals surface area (Å²) in [5.74, 6) is 0. The maximum absolute atomic E-state index is 12.6. The Morgan fingerprint density at radius 3 is 2.68 bits per heavy atom. The van der Waals surface area contributed by atoms with Gasteiger partial charge in [-0.05, 0) is 47.0 Å². The van der Waals surface area contributed by atoms with Crippen molar-refractivity contribution in [3.8, 4) is 0 Å². The Kier molecular flexibility index (Phi) is 4.89. The van der Waals surface area contributed by atoms with Crippen molar-refractivity contribution in [1.29, 1.82) is 0 Å². The molecule has 1 saturated carbocycles. The van der Waals surface area contributed by atoms with E-state index in [0.717, 1.165) is 12.8 Å². The summed E-state index contributed by atoms with van der Waals surface area (Å²) < 4.78 is 32.3. The molecule has 0 radical (unpaired) electrons. The third-order valence-electron chi connectivity index (χ3n) is 2.97. The normalized spacial score (nSPS) is 16.0. The first-order valence-electron chi connectivity index (χ1n) is 5.92. The van der Waals surface area contributed by atoms with Crippen LogP contribution in [0.1, 0.15) is 12.8 Å². The predicted molar refractivity (Wildman–Crippen MR) is 77.9 cm³/mol. The van der Waals surface area contributed by atoms with Crippen molar-refractivity contribution in [2.24, 2.45) is 0 Å². The number of methoxy groups -OCH3 is 1. The average Bonchev–Trinajstić information content (AvgIpc) is 3.17. The number of sulfonamides is 1. The van der Waals surface area contributed by atoms with E-state index in [4.69, 9.17) is 16.3 Å². The van der Waals surface area contributed by atoms with Gasteiger partial charge in [-0.3, -0.25) is 0 Å². The highest BCUT2D eigenvalue weighted by Crippen LogP contribution is 2.33. The van der Waals surface area contributed by atoms with Crippen molar-refractivity contribution in [3.63, 3.8) is 0 Å². The second-order valence-corrected chi connectivity index (χ2v) is 7.57. The second kappa shape index (κ2) is 6.10. The van der Waals surface area contributed by atoms with Crippen molar-refractivity contribution < 1.29 is 13.2 Å². The summed E-state index contributed by atoms with van der Waals surface area (Å²) in [7, 11) is -1.92. The number of hydrogen-bond donors (Lipinski definition) is 0. The van der Waals surface area contributed by atoms with Gasteiger partial charge in [0.2, 0.25) is 10.0 Å². The van der Waals surface area contributed by atoms with Gasteiger partial charge < -0.3 is 4.74 Å². The minimum Gasteiger partial charge on any atom is -0.383 e. The van der Waals surface area contributed by atoms with Crippen LogP contribution in [-0.4, -0.2) is 39.0 Å². The molecule has 2 rings (SSSR count). The molecule has 1 aliphatic carbocycles. The van der Waals surface area contributed by atoms with E-state index >= 15 is 0 Å². The van der Waals surface area contributed by atoms with Gasteiger partial charge in [0.25, 0.3) is 0 Å². The summed E-state index contributed by atoms with van der Waals surface area (Å²) in [4.78, 5) is 0.256. The maximum Gasteiger partial charge on any atom is 0.243 e. The topological polar surface area (TPSA) is 46.6 Å². The van der Waals surface area contributed by atoms with Gasteiger partial charge in [-0.25, -0.2) is 8.42 Å². The number of hydrogen-bond acceptors (Lipinski definition) is 3. The van der Waals surface area contributed by atoms with Gasteiger partial charge in [-0.15, -0.1) is 0 Å². The zero-order valence-electron chi connectivity index (χ0n) is 10.5. The van der Waals surface area contributed by atoms with Crippen LogP contribution < -0.4 is 0 Å². The number of benzene rings is 1. The monoisotopic (exact) mass is 367 g/mol. The fourth-order valence-corrected chi connectivity index (χ4v) is 4.16. The Labute approximate surface area is 126 Å². The molecule has 19 heavy (non-hydrogen) atoms. The van der Waals surface area contributed by atoms with E-state index < -0.39 is 10.0 Å². The van der Waals surface area contributed by atoms with E-state index in [2.05, 4.69) is 15.9 Å². The highest BCUT2D eigenvalue weighted by Gasteiger charge is 2.37. The summed E-state index contributed by atoms with van der Waals surface area (Å²) >= 11 is 9.15. The zero-order chi connectivity index (χ0) is 14.0. The molecule has 0 spiro atoms. The average molecular weight is 369 g/mol. The summed E-state index contributed by atoms with van der Waals surface area (Å²) in [5.41, 5.74) is 0. The molecule has 0 aromatic heterocycles. The molecule has 106 valence electrons. The molecule has 7 heteroatoms. The van der Waals surface area contributed by atoms with Gasteiger partial charge >= 0.3 is 0 Å². The van der Waals surface area contributed by atoms with Gasteiger partial charge in [-0.1, -0.05) is 11.6 Å².